The third kappa shape index (κ3) is 11.5. The molecule has 2 fully saturated rings. The molecule has 2 aliphatic rings. The first-order valence-electron chi connectivity index (χ1n) is 17.8. The van der Waals surface area contributed by atoms with Gasteiger partial charge in [-0.3, -0.25) is 9.59 Å². The average Bonchev–Trinajstić information content (AvgIpc) is 3.18. The topological polar surface area (TPSA) is 221 Å². The summed E-state index contributed by atoms with van der Waals surface area (Å²) in [7, 11) is 1.58. The molecule has 3 aromatic rings. The molecule has 10 atom stereocenters. The molecule has 2 aliphatic heterocycles. The van der Waals surface area contributed by atoms with Crippen molar-refractivity contribution in [2.24, 2.45) is 0 Å². The summed E-state index contributed by atoms with van der Waals surface area (Å²) >= 11 is 1.36. The van der Waals surface area contributed by atoms with E-state index < -0.39 is 72.9 Å². The van der Waals surface area contributed by atoms with Crippen molar-refractivity contribution in [2.45, 2.75) is 78.9 Å². The van der Waals surface area contributed by atoms with Gasteiger partial charge in [0.25, 0.3) is 5.91 Å². The van der Waals surface area contributed by atoms with Gasteiger partial charge in [-0.05, 0) is 42.0 Å². The van der Waals surface area contributed by atoms with Crippen LogP contribution in [0.1, 0.15) is 22.8 Å². The van der Waals surface area contributed by atoms with E-state index in [9.17, 15) is 30.0 Å². The number of carbonyl (C=O) groups excluding carboxylic acids is 2. The van der Waals surface area contributed by atoms with Crippen LogP contribution in [0.4, 0.5) is 5.69 Å². The van der Waals surface area contributed by atoms with Crippen LogP contribution in [0.15, 0.2) is 95.9 Å². The molecular formula is C39H49N3O12S. The molecule has 3 aromatic carbocycles. The Morgan fingerprint density at radius 3 is 2.11 bits per heavy atom. The minimum Gasteiger partial charge on any atom is -0.497 e. The monoisotopic (exact) mass is 783 g/mol. The second-order valence-corrected chi connectivity index (χ2v) is 14.1. The van der Waals surface area contributed by atoms with Gasteiger partial charge in [-0.15, -0.1) is 0 Å². The summed E-state index contributed by atoms with van der Waals surface area (Å²) < 4.78 is 35.1. The summed E-state index contributed by atoms with van der Waals surface area (Å²) in [6.45, 7) is 0.993. The number of nitrogens with one attached hydrogen (secondary N) is 2. The zero-order valence-electron chi connectivity index (χ0n) is 30.5. The van der Waals surface area contributed by atoms with Crippen molar-refractivity contribution in [3.05, 3.63) is 102 Å². The van der Waals surface area contributed by atoms with E-state index >= 15 is 0 Å². The summed E-state index contributed by atoms with van der Waals surface area (Å²) in [5.41, 5.74) is 6.60. The van der Waals surface area contributed by atoms with Crippen LogP contribution < -0.4 is 21.1 Å². The van der Waals surface area contributed by atoms with E-state index in [1.807, 2.05) is 54.6 Å². The van der Waals surface area contributed by atoms with E-state index in [1.54, 1.807) is 37.5 Å². The van der Waals surface area contributed by atoms with Crippen LogP contribution >= 0.6 is 11.8 Å². The van der Waals surface area contributed by atoms with Crippen LogP contribution in [0.25, 0.3) is 0 Å². The molecule has 0 aliphatic carbocycles. The second kappa shape index (κ2) is 20.7. The highest BCUT2D eigenvalue weighted by Crippen LogP contribution is 2.35. The fourth-order valence-corrected chi connectivity index (χ4v) is 7.37. The summed E-state index contributed by atoms with van der Waals surface area (Å²) in [5.74, 6) is -0.276. The van der Waals surface area contributed by atoms with Gasteiger partial charge in [0, 0.05) is 17.5 Å². The lowest BCUT2D eigenvalue weighted by Crippen LogP contribution is -2.65. The predicted octanol–water partition coefficient (Wildman–Crippen LogP) is 1.37. The zero-order chi connectivity index (χ0) is 39.3. The SMILES string of the molecule is COc1ccc(S[C@@H]2OC(COCc3ccccc3)[C@H](O)[C@H](OCC=CCO[C@@H]3C(NC(=O)c4ccccc4N)[C@H](O)OC(CO)[C@@H]3O)C2NC(C)=O)cc1. The van der Waals surface area contributed by atoms with Gasteiger partial charge in [-0.2, -0.15) is 0 Å². The Balaban J connectivity index is 1.26. The maximum Gasteiger partial charge on any atom is 0.253 e. The number of amides is 2. The van der Waals surface area contributed by atoms with Crippen molar-refractivity contribution < 1.29 is 58.4 Å². The van der Waals surface area contributed by atoms with E-state index in [0.717, 1.165) is 10.5 Å². The number of hydrogen-bond donors (Lipinski definition) is 7. The Kier molecular flexibility index (Phi) is 15.9. The van der Waals surface area contributed by atoms with E-state index in [0.29, 0.717) is 12.4 Å². The normalized spacial score (nSPS) is 28.1. The molecule has 0 spiro atoms. The third-order valence-corrected chi connectivity index (χ3v) is 10.2. The maximum atomic E-state index is 13.0. The molecule has 8 N–H and O–H groups in total. The number of aliphatic hydroxyl groups excluding tert-OH is 4. The Bertz CT molecular complexity index is 1690. The Hall–Kier alpha value is -4.07. The van der Waals surface area contributed by atoms with Crippen molar-refractivity contribution in [1.82, 2.24) is 10.6 Å². The Morgan fingerprint density at radius 1 is 0.836 bits per heavy atom. The number of nitrogen functional groups attached to an aromatic ring is 1. The molecule has 5 rings (SSSR count). The highest BCUT2D eigenvalue weighted by molar-refractivity contribution is 7.99. The summed E-state index contributed by atoms with van der Waals surface area (Å²) in [4.78, 5) is 26.3. The molecule has 2 amide bonds. The largest absolute Gasteiger partial charge is 0.497 e. The van der Waals surface area contributed by atoms with E-state index in [-0.39, 0.29) is 37.0 Å². The fourth-order valence-electron chi connectivity index (χ4n) is 6.24. The van der Waals surface area contributed by atoms with E-state index in [4.69, 9.17) is 34.2 Å². The molecule has 15 nitrogen and oxygen atoms in total. The lowest BCUT2D eigenvalue weighted by atomic mass is 9.96. The van der Waals surface area contributed by atoms with Crippen molar-refractivity contribution in [3.63, 3.8) is 0 Å². The highest BCUT2D eigenvalue weighted by atomic mass is 32.2. The van der Waals surface area contributed by atoms with Crippen LogP contribution in [0, 0.1) is 0 Å². The third-order valence-electron chi connectivity index (χ3n) is 9.06. The molecule has 0 aromatic heterocycles. The second-order valence-electron chi connectivity index (χ2n) is 12.9. The molecule has 2 saturated heterocycles. The van der Waals surface area contributed by atoms with Crippen LogP contribution in [-0.2, 0) is 35.1 Å². The molecule has 55 heavy (non-hydrogen) atoms. The van der Waals surface area contributed by atoms with Crippen LogP contribution in [0.2, 0.25) is 0 Å². The molecule has 0 bridgehead atoms. The standard InChI is InChI=1S/C39H49N3O12S/c1-23(44)41-32-36(34(46)30(22-50-21-24-10-4-3-5-11-24)54-39(32)55-26-16-14-25(49-2)15-17-26)52-19-9-8-18-51-35-31(38(48)53-29(20-43)33(35)45)42-37(47)27-12-6-7-13-28(27)40/h3-17,29-36,38-39,43,45-46,48H,18-22,40H2,1-2H3,(H,41,44)(H,42,47)/t29?,30?,31?,32?,33-,34-,35+,36+,38+,39-/m0/s1. The first-order valence-corrected chi connectivity index (χ1v) is 18.7. The number of para-hydroxylation sites is 1. The Labute approximate surface area is 323 Å². The summed E-state index contributed by atoms with van der Waals surface area (Å²) in [5, 5.41) is 48.4. The fraction of sp³-hybridized carbons (Fsp3) is 0.436. The van der Waals surface area contributed by atoms with Crippen molar-refractivity contribution in [3.8, 4) is 5.75 Å². The highest BCUT2D eigenvalue weighted by Gasteiger charge is 2.48. The van der Waals surface area contributed by atoms with Gasteiger partial charge in [-0.25, -0.2) is 0 Å². The number of rotatable bonds is 17. The molecule has 2 heterocycles. The van der Waals surface area contributed by atoms with Gasteiger partial charge >= 0.3 is 0 Å². The Morgan fingerprint density at radius 2 is 1.47 bits per heavy atom. The molecular weight excluding hydrogens is 735 g/mol. The number of benzene rings is 3. The van der Waals surface area contributed by atoms with Gasteiger partial charge in [0.2, 0.25) is 5.91 Å². The smallest absolute Gasteiger partial charge is 0.253 e. The number of carbonyl (C=O) groups is 2. The minimum absolute atomic E-state index is 0.0235. The first kappa shape index (κ1) is 42.1. The quantitative estimate of drug-likeness (QED) is 0.0760. The van der Waals surface area contributed by atoms with Crippen molar-refractivity contribution >= 4 is 29.3 Å². The summed E-state index contributed by atoms with van der Waals surface area (Å²) in [6.07, 6.45) is -5.07. The van der Waals surface area contributed by atoms with Gasteiger partial charge < -0.3 is 65.2 Å². The van der Waals surface area contributed by atoms with Gasteiger partial charge in [0.05, 0.1) is 51.7 Å². The van der Waals surface area contributed by atoms with Crippen LogP contribution in [0.5, 0.6) is 5.75 Å². The number of hydrogen-bond acceptors (Lipinski definition) is 14. The summed E-state index contributed by atoms with van der Waals surface area (Å²) in [6, 6.07) is 21.3. The van der Waals surface area contributed by atoms with Gasteiger partial charge in [0.15, 0.2) is 6.29 Å². The first-order chi connectivity index (χ1) is 26.6. The van der Waals surface area contributed by atoms with Crippen LogP contribution in [-0.4, -0.2) is 126 Å². The van der Waals surface area contributed by atoms with E-state index in [1.165, 1.54) is 24.8 Å². The number of nitrogens with two attached hydrogens (primary N) is 1. The number of methoxy groups -OCH3 is 1. The van der Waals surface area contributed by atoms with Crippen molar-refractivity contribution in [2.75, 3.05) is 39.3 Å². The van der Waals surface area contributed by atoms with Crippen LogP contribution in [0.3, 0.4) is 0 Å². The van der Waals surface area contributed by atoms with E-state index in [2.05, 4.69) is 10.6 Å². The number of aliphatic hydroxyl groups is 4. The van der Waals surface area contributed by atoms with Gasteiger partial charge in [-0.1, -0.05) is 66.4 Å². The predicted molar refractivity (Wildman–Crippen MR) is 202 cm³/mol. The zero-order valence-corrected chi connectivity index (χ0v) is 31.3. The molecule has 16 heteroatoms. The van der Waals surface area contributed by atoms with Crippen molar-refractivity contribution in [1.29, 1.82) is 0 Å². The molecule has 4 unspecified atom stereocenters. The molecule has 298 valence electrons. The molecule has 0 saturated carbocycles. The lowest BCUT2D eigenvalue weighted by Gasteiger charge is -2.44. The number of anilines is 1. The van der Waals surface area contributed by atoms with Gasteiger partial charge in [0.1, 0.15) is 53.9 Å². The lowest BCUT2D eigenvalue weighted by molar-refractivity contribution is -0.259. The minimum atomic E-state index is -1.61. The number of thioether (sulfide) groups is 1. The molecule has 0 radical (unpaired) electrons. The maximum absolute atomic E-state index is 13.0. The average molecular weight is 784 g/mol. The number of ether oxygens (including phenoxy) is 6.